The topological polar surface area (TPSA) is 93.8 Å². The van der Waals surface area contributed by atoms with Crippen LogP contribution in [-0.4, -0.2) is 42.9 Å². The van der Waals surface area contributed by atoms with Crippen LogP contribution in [-0.2, 0) is 6.54 Å². The number of benzene rings is 2. The number of aromatic nitrogens is 2. The molecule has 3 aromatic rings. The molecular weight excluding hydrogens is 533 g/mol. The Kier molecular flexibility index (Phi) is 9.86. The third kappa shape index (κ3) is 7.59. The molecule has 31 heavy (non-hydrogen) atoms. The summed E-state index contributed by atoms with van der Waals surface area (Å²) in [6.07, 6.45) is -0.0894. The molecule has 1 unspecified atom stereocenters. The molecule has 0 spiro atoms. The highest BCUT2D eigenvalue weighted by molar-refractivity contribution is 14.0. The molecule has 0 amide bonds. The zero-order valence-corrected chi connectivity index (χ0v) is 20.5. The van der Waals surface area contributed by atoms with Gasteiger partial charge < -0.3 is 24.6 Å². The van der Waals surface area contributed by atoms with E-state index in [0.717, 1.165) is 17.1 Å². The summed E-state index contributed by atoms with van der Waals surface area (Å²) in [6.45, 7) is 2.85. The van der Waals surface area contributed by atoms with Gasteiger partial charge in [0.15, 0.2) is 5.96 Å². The molecule has 166 valence electrons. The standard InChI is InChI=1S/C21H24ClN5O3.HI/c1-14(29-18-9-5-8-17(11-18)28-3)12-24-21(23-2)25-13-19-26-20(27-30-19)15-6-4-7-16(22)10-15;/h4-11,14H,12-13H2,1-3H3,(H2,23,24,25);1H. The van der Waals surface area contributed by atoms with Crippen LogP contribution >= 0.6 is 35.6 Å². The molecule has 1 aromatic heterocycles. The van der Waals surface area contributed by atoms with Gasteiger partial charge in [-0.25, -0.2) is 0 Å². The Morgan fingerprint density at radius 1 is 1.16 bits per heavy atom. The number of guanidine groups is 1. The van der Waals surface area contributed by atoms with E-state index in [1.165, 1.54) is 0 Å². The zero-order chi connectivity index (χ0) is 21.3. The van der Waals surface area contributed by atoms with Gasteiger partial charge in [0.1, 0.15) is 17.6 Å². The van der Waals surface area contributed by atoms with E-state index >= 15 is 0 Å². The van der Waals surface area contributed by atoms with E-state index in [4.69, 9.17) is 25.6 Å². The monoisotopic (exact) mass is 557 g/mol. The number of ether oxygens (including phenoxy) is 2. The molecule has 3 rings (SSSR count). The van der Waals surface area contributed by atoms with Crippen molar-refractivity contribution < 1.29 is 14.0 Å². The van der Waals surface area contributed by atoms with Crippen molar-refractivity contribution in [2.45, 2.75) is 19.6 Å². The van der Waals surface area contributed by atoms with Gasteiger partial charge >= 0.3 is 0 Å². The number of hydrogen-bond acceptors (Lipinski definition) is 6. The summed E-state index contributed by atoms with van der Waals surface area (Å²) < 4.78 is 16.4. The number of rotatable bonds is 8. The van der Waals surface area contributed by atoms with Crippen LogP contribution in [0.3, 0.4) is 0 Å². The van der Waals surface area contributed by atoms with Crippen molar-refractivity contribution in [1.29, 1.82) is 0 Å². The Hall–Kier alpha value is -2.53. The van der Waals surface area contributed by atoms with Gasteiger partial charge in [-0.15, -0.1) is 24.0 Å². The summed E-state index contributed by atoms with van der Waals surface area (Å²) in [7, 11) is 3.31. The van der Waals surface area contributed by atoms with Gasteiger partial charge in [-0.3, -0.25) is 4.99 Å². The molecule has 0 aliphatic carbocycles. The lowest BCUT2D eigenvalue weighted by molar-refractivity contribution is 0.223. The number of nitrogens with one attached hydrogen (secondary N) is 2. The van der Waals surface area contributed by atoms with Gasteiger partial charge in [-0.2, -0.15) is 4.98 Å². The van der Waals surface area contributed by atoms with Crippen molar-refractivity contribution in [2.75, 3.05) is 20.7 Å². The molecule has 1 atom stereocenters. The Labute approximate surface area is 203 Å². The maximum absolute atomic E-state index is 6.01. The fourth-order valence-corrected chi connectivity index (χ4v) is 2.83. The fraction of sp³-hybridized carbons (Fsp3) is 0.286. The summed E-state index contributed by atoms with van der Waals surface area (Å²) in [5.41, 5.74) is 0.795. The van der Waals surface area contributed by atoms with E-state index in [9.17, 15) is 0 Å². The van der Waals surface area contributed by atoms with Gasteiger partial charge in [0.2, 0.25) is 11.7 Å². The molecule has 1 heterocycles. The molecule has 0 bridgehead atoms. The largest absolute Gasteiger partial charge is 0.497 e. The third-order valence-electron chi connectivity index (χ3n) is 4.12. The average Bonchev–Trinajstić information content (AvgIpc) is 3.23. The lowest BCUT2D eigenvalue weighted by Crippen LogP contribution is -2.41. The summed E-state index contributed by atoms with van der Waals surface area (Å²) in [5.74, 6) is 3.01. The van der Waals surface area contributed by atoms with Gasteiger partial charge in [-0.05, 0) is 31.2 Å². The smallest absolute Gasteiger partial charge is 0.246 e. The van der Waals surface area contributed by atoms with Crippen molar-refractivity contribution in [2.24, 2.45) is 4.99 Å². The fourth-order valence-electron chi connectivity index (χ4n) is 2.64. The molecule has 0 radical (unpaired) electrons. The minimum atomic E-state index is -0.0894. The first-order valence-electron chi connectivity index (χ1n) is 9.41. The second kappa shape index (κ2) is 12.4. The van der Waals surface area contributed by atoms with Crippen LogP contribution in [0.2, 0.25) is 5.02 Å². The first kappa shape index (κ1) is 24.7. The highest BCUT2D eigenvalue weighted by atomic mass is 127. The summed E-state index contributed by atoms with van der Waals surface area (Å²) in [4.78, 5) is 8.57. The SMILES string of the molecule is CN=C(NCc1nc(-c2cccc(Cl)c2)no1)NCC(C)Oc1cccc(OC)c1.I. The van der Waals surface area contributed by atoms with E-state index in [1.54, 1.807) is 26.3 Å². The zero-order valence-electron chi connectivity index (χ0n) is 17.5. The summed E-state index contributed by atoms with van der Waals surface area (Å²) in [5, 5.41) is 11.0. The second-order valence-corrected chi connectivity index (χ2v) is 6.87. The lowest BCUT2D eigenvalue weighted by atomic mass is 10.2. The molecule has 0 aliphatic heterocycles. The van der Waals surface area contributed by atoms with E-state index in [2.05, 4.69) is 25.8 Å². The van der Waals surface area contributed by atoms with E-state index in [1.807, 2.05) is 43.3 Å². The van der Waals surface area contributed by atoms with Gasteiger partial charge in [0, 0.05) is 23.7 Å². The Balaban J connectivity index is 0.00000341. The summed E-state index contributed by atoms with van der Waals surface area (Å²) in [6, 6.07) is 14.8. The van der Waals surface area contributed by atoms with Gasteiger partial charge in [0.05, 0.1) is 20.2 Å². The molecule has 10 heteroatoms. The molecule has 0 saturated carbocycles. The minimum Gasteiger partial charge on any atom is -0.497 e. The molecule has 0 aliphatic rings. The highest BCUT2D eigenvalue weighted by Gasteiger charge is 2.11. The Morgan fingerprint density at radius 2 is 1.94 bits per heavy atom. The maximum Gasteiger partial charge on any atom is 0.246 e. The number of methoxy groups -OCH3 is 1. The van der Waals surface area contributed by atoms with Crippen molar-refractivity contribution in [3.05, 3.63) is 59.4 Å². The molecule has 2 N–H and O–H groups in total. The predicted octanol–water partition coefficient (Wildman–Crippen LogP) is 4.15. The van der Waals surface area contributed by atoms with Crippen molar-refractivity contribution in [1.82, 2.24) is 20.8 Å². The molecule has 0 fully saturated rings. The number of aliphatic imine (C=N–C) groups is 1. The average molecular weight is 558 g/mol. The molecule has 8 nitrogen and oxygen atoms in total. The minimum absolute atomic E-state index is 0. The number of halogens is 2. The van der Waals surface area contributed by atoms with Crippen molar-refractivity contribution in [3.63, 3.8) is 0 Å². The van der Waals surface area contributed by atoms with Crippen LogP contribution in [0.25, 0.3) is 11.4 Å². The van der Waals surface area contributed by atoms with Gasteiger partial charge in [0.25, 0.3) is 0 Å². The normalized spacial score (nSPS) is 11.9. The highest BCUT2D eigenvalue weighted by Crippen LogP contribution is 2.20. The van der Waals surface area contributed by atoms with E-state index in [0.29, 0.717) is 35.8 Å². The van der Waals surface area contributed by atoms with Crippen molar-refractivity contribution in [3.8, 4) is 22.9 Å². The van der Waals surface area contributed by atoms with Crippen LogP contribution in [0.5, 0.6) is 11.5 Å². The molecular formula is C21H25ClIN5O3. The van der Waals surface area contributed by atoms with E-state index < -0.39 is 0 Å². The lowest BCUT2D eigenvalue weighted by Gasteiger charge is -2.17. The first-order valence-corrected chi connectivity index (χ1v) is 9.79. The van der Waals surface area contributed by atoms with Crippen LogP contribution in [0.4, 0.5) is 0 Å². The number of hydrogen-bond donors (Lipinski definition) is 2. The Bertz CT molecular complexity index is 998. The Morgan fingerprint density at radius 3 is 2.68 bits per heavy atom. The van der Waals surface area contributed by atoms with Crippen LogP contribution in [0.15, 0.2) is 58.0 Å². The van der Waals surface area contributed by atoms with E-state index in [-0.39, 0.29) is 30.1 Å². The van der Waals surface area contributed by atoms with Crippen LogP contribution in [0, 0.1) is 0 Å². The molecule has 2 aromatic carbocycles. The first-order chi connectivity index (χ1) is 14.6. The number of nitrogens with zero attached hydrogens (tertiary/aromatic N) is 3. The van der Waals surface area contributed by atoms with Crippen LogP contribution in [0.1, 0.15) is 12.8 Å². The predicted molar refractivity (Wildman–Crippen MR) is 131 cm³/mol. The van der Waals surface area contributed by atoms with Gasteiger partial charge in [-0.1, -0.05) is 35.0 Å². The maximum atomic E-state index is 6.01. The third-order valence-corrected chi connectivity index (χ3v) is 4.35. The summed E-state index contributed by atoms with van der Waals surface area (Å²) >= 11 is 6.01. The quantitative estimate of drug-likeness (QED) is 0.244. The molecule has 0 saturated heterocycles. The van der Waals surface area contributed by atoms with Crippen LogP contribution < -0.4 is 20.1 Å². The second-order valence-electron chi connectivity index (χ2n) is 6.44. The van der Waals surface area contributed by atoms with Crippen molar-refractivity contribution >= 4 is 41.5 Å².